The van der Waals surface area contributed by atoms with Crippen molar-refractivity contribution in [3.63, 3.8) is 0 Å². The van der Waals surface area contributed by atoms with Crippen molar-refractivity contribution in [1.82, 2.24) is 10.3 Å². The van der Waals surface area contributed by atoms with Gasteiger partial charge in [0.15, 0.2) is 0 Å². The molecule has 0 aliphatic rings. The zero-order chi connectivity index (χ0) is 15.2. The third-order valence-corrected chi connectivity index (χ3v) is 3.08. The molecular formula is C17H19N3O. The van der Waals surface area contributed by atoms with Gasteiger partial charge in [-0.15, -0.1) is 6.58 Å². The summed E-state index contributed by atoms with van der Waals surface area (Å²) in [6.07, 6.45) is 4.89. The van der Waals surface area contributed by atoms with E-state index in [4.69, 9.17) is 0 Å². The van der Waals surface area contributed by atoms with Gasteiger partial charge in [-0.05, 0) is 37.1 Å². The van der Waals surface area contributed by atoms with Gasteiger partial charge in [-0.2, -0.15) is 0 Å². The topological polar surface area (TPSA) is 54.0 Å². The van der Waals surface area contributed by atoms with Crippen LogP contribution in [0.25, 0.3) is 0 Å². The molecule has 0 saturated heterocycles. The first-order valence-corrected chi connectivity index (χ1v) is 6.78. The van der Waals surface area contributed by atoms with Crippen molar-refractivity contribution in [2.75, 3.05) is 11.9 Å². The Morgan fingerprint density at radius 1 is 1.29 bits per heavy atom. The van der Waals surface area contributed by atoms with Crippen LogP contribution in [0.15, 0.2) is 49.3 Å². The Morgan fingerprint density at radius 2 is 2.10 bits per heavy atom. The molecule has 0 bridgehead atoms. The van der Waals surface area contributed by atoms with Crippen molar-refractivity contribution in [3.8, 4) is 0 Å². The van der Waals surface area contributed by atoms with Gasteiger partial charge in [0.1, 0.15) is 0 Å². The summed E-state index contributed by atoms with van der Waals surface area (Å²) in [5.74, 6) is -0.160. The van der Waals surface area contributed by atoms with Crippen LogP contribution in [0.1, 0.15) is 21.5 Å². The Hall–Kier alpha value is -2.62. The highest BCUT2D eigenvalue weighted by Gasteiger charge is 2.06. The normalized spacial score (nSPS) is 10.0. The van der Waals surface area contributed by atoms with E-state index in [0.29, 0.717) is 12.1 Å². The third-order valence-electron chi connectivity index (χ3n) is 3.08. The number of anilines is 2. The third kappa shape index (κ3) is 3.92. The fraction of sp³-hybridized carbons (Fsp3) is 0.176. The molecule has 1 aromatic carbocycles. The fourth-order valence-electron chi connectivity index (χ4n) is 1.93. The Bertz CT molecular complexity index is 665. The second-order valence-electron chi connectivity index (χ2n) is 4.90. The molecule has 1 heterocycles. The smallest absolute Gasteiger partial charge is 0.253 e. The second kappa shape index (κ2) is 6.70. The van der Waals surface area contributed by atoms with Gasteiger partial charge in [0.05, 0.1) is 17.4 Å². The predicted octanol–water partition coefficient (Wildman–Crippen LogP) is 3.36. The summed E-state index contributed by atoms with van der Waals surface area (Å²) in [6.45, 7) is 8.09. The summed E-state index contributed by atoms with van der Waals surface area (Å²) in [5, 5.41) is 6.04. The lowest BCUT2D eigenvalue weighted by molar-refractivity contribution is 0.0957. The van der Waals surface area contributed by atoms with E-state index in [1.165, 1.54) is 5.56 Å². The van der Waals surface area contributed by atoms with E-state index in [2.05, 4.69) is 40.4 Å². The number of carbonyl (C=O) groups is 1. The van der Waals surface area contributed by atoms with Gasteiger partial charge in [-0.3, -0.25) is 9.78 Å². The molecule has 1 aromatic heterocycles. The van der Waals surface area contributed by atoms with Crippen LogP contribution in [0, 0.1) is 13.8 Å². The molecule has 0 radical (unpaired) electrons. The van der Waals surface area contributed by atoms with Crippen molar-refractivity contribution in [3.05, 3.63) is 66.0 Å². The van der Waals surface area contributed by atoms with Gasteiger partial charge in [0, 0.05) is 18.4 Å². The maximum atomic E-state index is 11.9. The van der Waals surface area contributed by atoms with E-state index in [9.17, 15) is 4.79 Å². The number of amides is 1. The largest absolute Gasteiger partial charge is 0.354 e. The molecule has 2 rings (SSSR count). The number of rotatable bonds is 5. The number of pyridine rings is 1. The molecule has 4 heteroatoms. The van der Waals surface area contributed by atoms with Crippen molar-refractivity contribution in [2.45, 2.75) is 13.8 Å². The highest BCUT2D eigenvalue weighted by Crippen LogP contribution is 2.21. The van der Waals surface area contributed by atoms with E-state index in [1.54, 1.807) is 24.5 Å². The molecule has 0 saturated carbocycles. The first-order chi connectivity index (χ1) is 10.1. The molecule has 2 N–H and O–H groups in total. The Kier molecular flexibility index (Phi) is 4.72. The predicted molar refractivity (Wildman–Crippen MR) is 86.0 cm³/mol. The lowest BCUT2D eigenvalue weighted by Crippen LogP contribution is -2.23. The van der Waals surface area contributed by atoms with Crippen molar-refractivity contribution < 1.29 is 4.79 Å². The van der Waals surface area contributed by atoms with Gasteiger partial charge in [0.2, 0.25) is 0 Å². The van der Waals surface area contributed by atoms with E-state index in [-0.39, 0.29) is 5.91 Å². The van der Waals surface area contributed by atoms with Crippen molar-refractivity contribution >= 4 is 17.3 Å². The Morgan fingerprint density at radius 3 is 2.86 bits per heavy atom. The first-order valence-electron chi connectivity index (χ1n) is 6.78. The molecule has 1 amide bonds. The average molecular weight is 281 g/mol. The molecule has 0 spiro atoms. The number of benzene rings is 1. The Labute approximate surface area is 124 Å². The number of hydrogen-bond donors (Lipinski definition) is 2. The standard InChI is InChI=1S/C17H19N3O/c1-4-7-19-17(21)14-9-15(11-18-10-14)20-16-8-12(2)5-6-13(16)3/h4-6,8-11,20H,1,7H2,2-3H3,(H,19,21). The molecular weight excluding hydrogens is 262 g/mol. The quantitative estimate of drug-likeness (QED) is 0.826. The number of hydrogen-bond acceptors (Lipinski definition) is 3. The summed E-state index contributed by atoms with van der Waals surface area (Å²) in [5.41, 5.74) is 4.64. The van der Waals surface area contributed by atoms with E-state index >= 15 is 0 Å². The molecule has 0 atom stereocenters. The zero-order valence-corrected chi connectivity index (χ0v) is 12.3. The summed E-state index contributed by atoms with van der Waals surface area (Å²) < 4.78 is 0. The number of nitrogens with one attached hydrogen (secondary N) is 2. The molecule has 2 aromatic rings. The van der Waals surface area contributed by atoms with Gasteiger partial charge in [-0.25, -0.2) is 0 Å². The highest BCUT2D eigenvalue weighted by molar-refractivity contribution is 5.95. The average Bonchev–Trinajstić information content (AvgIpc) is 2.49. The van der Waals surface area contributed by atoms with E-state index in [0.717, 1.165) is 16.9 Å². The van der Waals surface area contributed by atoms with Crippen molar-refractivity contribution in [2.24, 2.45) is 0 Å². The van der Waals surface area contributed by atoms with Crippen LogP contribution in [0.4, 0.5) is 11.4 Å². The monoisotopic (exact) mass is 281 g/mol. The van der Waals surface area contributed by atoms with Gasteiger partial charge >= 0.3 is 0 Å². The van der Waals surface area contributed by atoms with Crippen LogP contribution in [0.5, 0.6) is 0 Å². The maximum Gasteiger partial charge on any atom is 0.253 e. The van der Waals surface area contributed by atoms with Gasteiger partial charge in [-0.1, -0.05) is 18.2 Å². The van der Waals surface area contributed by atoms with Gasteiger partial charge < -0.3 is 10.6 Å². The van der Waals surface area contributed by atoms with Crippen LogP contribution in [-0.2, 0) is 0 Å². The number of aromatic nitrogens is 1. The molecule has 0 aliphatic carbocycles. The highest BCUT2D eigenvalue weighted by atomic mass is 16.1. The fourth-order valence-corrected chi connectivity index (χ4v) is 1.93. The maximum absolute atomic E-state index is 11.9. The van der Waals surface area contributed by atoms with Crippen LogP contribution in [0.2, 0.25) is 0 Å². The van der Waals surface area contributed by atoms with Gasteiger partial charge in [0.25, 0.3) is 5.91 Å². The molecule has 21 heavy (non-hydrogen) atoms. The lowest BCUT2D eigenvalue weighted by Gasteiger charge is -2.11. The summed E-state index contributed by atoms with van der Waals surface area (Å²) in [7, 11) is 0. The second-order valence-corrected chi connectivity index (χ2v) is 4.90. The minimum atomic E-state index is -0.160. The zero-order valence-electron chi connectivity index (χ0n) is 12.3. The van der Waals surface area contributed by atoms with Crippen molar-refractivity contribution in [1.29, 1.82) is 0 Å². The van der Waals surface area contributed by atoms with E-state index in [1.807, 2.05) is 13.8 Å². The van der Waals surface area contributed by atoms with Crippen LogP contribution < -0.4 is 10.6 Å². The molecule has 0 fully saturated rings. The Balaban J connectivity index is 2.19. The SMILES string of the molecule is C=CCNC(=O)c1cncc(Nc2cc(C)ccc2C)c1. The number of nitrogens with zero attached hydrogens (tertiary/aromatic N) is 1. The summed E-state index contributed by atoms with van der Waals surface area (Å²) in [4.78, 5) is 16.0. The summed E-state index contributed by atoms with van der Waals surface area (Å²) in [6, 6.07) is 7.98. The van der Waals surface area contributed by atoms with Crippen LogP contribution in [0.3, 0.4) is 0 Å². The number of aryl methyl sites for hydroxylation is 2. The minimum absolute atomic E-state index is 0.160. The van der Waals surface area contributed by atoms with E-state index < -0.39 is 0 Å². The molecule has 108 valence electrons. The number of carbonyl (C=O) groups excluding carboxylic acids is 1. The lowest BCUT2D eigenvalue weighted by atomic mass is 10.1. The van der Waals surface area contributed by atoms with Crippen LogP contribution in [-0.4, -0.2) is 17.4 Å². The molecule has 0 unspecified atom stereocenters. The van der Waals surface area contributed by atoms with Crippen LogP contribution >= 0.6 is 0 Å². The first kappa shape index (κ1) is 14.8. The summed E-state index contributed by atoms with van der Waals surface area (Å²) >= 11 is 0. The minimum Gasteiger partial charge on any atom is -0.354 e. The molecule has 4 nitrogen and oxygen atoms in total. The molecule has 0 aliphatic heterocycles.